The number of thiocarbonyl (C=S) groups is 1. The molecule has 24 heavy (non-hydrogen) atoms. The van der Waals surface area contributed by atoms with E-state index in [-0.39, 0.29) is 18.9 Å². The van der Waals surface area contributed by atoms with Gasteiger partial charge in [0.1, 0.15) is 10.1 Å². The molecule has 9 heteroatoms. The maximum absolute atomic E-state index is 12.5. The lowest BCUT2D eigenvalue weighted by Crippen LogP contribution is -2.29. The zero-order valence-electron chi connectivity index (χ0n) is 12.5. The van der Waals surface area contributed by atoms with Gasteiger partial charge in [-0.2, -0.15) is 0 Å². The number of carboxylic acid groups (broad SMARTS) is 1. The largest absolute Gasteiger partial charge is 0.495 e. The topological polar surface area (TPSA) is 66.8 Å². The Labute approximate surface area is 158 Å². The van der Waals surface area contributed by atoms with Crippen molar-refractivity contribution in [1.82, 2.24) is 4.90 Å². The van der Waals surface area contributed by atoms with E-state index in [1.807, 2.05) is 0 Å². The molecule has 1 heterocycles. The fourth-order valence-corrected chi connectivity index (χ4v) is 4.01. The van der Waals surface area contributed by atoms with Gasteiger partial charge in [-0.1, -0.05) is 47.2 Å². The molecule has 128 valence electrons. The lowest BCUT2D eigenvalue weighted by Gasteiger charge is -2.13. The fraction of sp³-hybridized carbons (Fsp3) is 0.267. The van der Waals surface area contributed by atoms with Crippen LogP contribution < -0.4 is 4.74 Å². The third kappa shape index (κ3) is 4.42. The summed E-state index contributed by atoms with van der Waals surface area (Å²) in [5, 5.41) is 9.45. The van der Waals surface area contributed by atoms with E-state index in [0.717, 1.165) is 11.8 Å². The monoisotopic (exact) mass is 405 g/mol. The number of methoxy groups -OCH3 is 1. The molecule has 0 aromatic heterocycles. The summed E-state index contributed by atoms with van der Waals surface area (Å²) in [6.45, 7) is 0.266. The third-order valence-electron chi connectivity index (χ3n) is 3.17. The highest BCUT2D eigenvalue weighted by molar-refractivity contribution is 8.26. The van der Waals surface area contributed by atoms with Gasteiger partial charge < -0.3 is 9.84 Å². The molecule has 0 bridgehead atoms. The van der Waals surface area contributed by atoms with Crippen molar-refractivity contribution in [3.63, 3.8) is 0 Å². The van der Waals surface area contributed by atoms with Crippen LogP contribution in [0.4, 0.5) is 0 Å². The minimum atomic E-state index is -0.908. The number of carbonyl (C=O) groups excluding carboxylic acids is 1. The number of aliphatic carboxylic acids is 1. The first kappa shape index (κ1) is 19.1. The van der Waals surface area contributed by atoms with Gasteiger partial charge >= 0.3 is 5.97 Å². The summed E-state index contributed by atoms with van der Waals surface area (Å²) in [5.41, 5.74) is 0.570. The molecule has 0 aliphatic carbocycles. The first-order valence-electron chi connectivity index (χ1n) is 6.83. The number of rotatable bonds is 6. The first-order chi connectivity index (χ1) is 11.3. The molecule has 0 unspecified atom stereocenters. The van der Waals surface area contributed by atoms with Crippen LogP contribution in [-0.2, 0) is 9.59 Å². The number of hydrogen-bond donors (Lipinski definition) is 1. The average Bonchev–Trinajstić information content (AvgIpc) is 2.74. The van der Waals surface area contributed by atoms with E-state index >= 15 is 0 Å². The van der Waals surface area contributed by atoms with Gasteiger partial charge in [0.15, 0.2) is 0 Å². The number of ether oxygens (including phenoxy) is 1. The number of carbonyl (C=O) groups is 2. The standard InChI is InChI=1S/C15H13Cl2NO4S2/c1-22-13-8(5-9(16)7-10(13)17)6-11-14(21)18(15(23)24-11)4-2-3-12(19)20/h5-7H,2-4H2,1H3,(H,19,20)/b11-6+. The number of hydrogen-bond acceptors (Lipinski definition) is 5. The highest BCUT2D eigenvalue weighted by Crippen LogP contribution is 2.38. The molecular weight excluding hydrogens is 393 g/mol. The highest BCUT2D eigenvalue weighted by Gasteiger charge is 2.32. The van der Waals surface area contributed by atoms with Crippen molar-refractivity contribution in [3.05, 3.63) is 32.6 Å². The van der Waals surface area contributed by atoms with Gasteiger partial charge in [0.2, 0.25) is 0 Å². The third-order valence-corrected chi connectivity index (χ3v) is 5.05. The van der Waals surface area contributed by atoms with E-state index in [2.05, 4.69) is 0 Å². The van der Waals surface area contributed by atoms with Gasteiger partial charge in [0.25, 0.3) is 5.91 Å². The molecule has 0 spiro atoms. The quantitative estimate of drug-likeness (QED) is 0.568. The van der Waals surface area contributed by atoms with Crippen LogP contribution in [0.1, 0.15) is 18.4 Å². The maximum Gasteiger partial charge on any atom is 0.303 e. The van der Waals surface area contributed by atoms with E-state index in [9.17, 15) is 9.59 Å². The molecule has 1 aromatic rings. The zero-order chi connectivity index (χ0) is 17.9. The Balaban J connectivity index is 2.24. The summed E-state index contributed by atoms with van der Waals surface area (Å²) in [6, 6.07) is 3.19. The summed E-state index contributed by atoms with van der Waals surface area (Å²) >= 11 is 18.4. The summed E-state index contributed by atoms with van der Waals surface area (Å²) in [4.78, 5) is 24.9. The number of amides is 1. The summed E-state index contributed by atoms with van der Waals surface area (Å²) in [6.07, 6.45) is 1.93. The van der Waals surface area contributed by atoms with Crippen molar-refractivity contribution in [2.45, 2.75) is 12.8 Å². The van der Waals surface area contributed by atoms with Crippen LogP contribution in [0.25, 0.3) is 6.08 Å². The molecule has 1 fully saturated rings. The minimum absolute atomic E-state index is 0.0200. The smallest absolute Gasteiger partial charge is 0.303 e. The number of carboxylic acids is 1. The molecule has 0 saturated carbocycles. The Morgan fingerprint density at radius 2 is 2.17 bits per heavy atom. The molecule has 1 saturated heterocycles. The lowest BCUT2D eigenvalue weighted by molar-refractivity contribution is -0.137. The van der Waals surface area contributed by atoms with Crippen molar-refractivity contribution in [3.8, 4) is 5.75 Å². The predicted octanol–water partition coefficient (Wildman–Crippen LogP) is 4.07. The van der Waals surface area contributed by atoms with Crippen LogP contribution in [0.2, 0.25) is 10.0 Å². The average molecular weight is 406 g/mol. The molecule has 2 rings (SSSR count). The van der Waals surface area contributed by atoms with Crippen molar-refractivity contribution >= 4 is 69.5 Å². The Morgan fingerprint density at radius 1 is 1.46 bits per heavy atom. The van der Waals surface area contributed by atoms with Gasteiger partial charge in [-0.25, -0.2) is 0 Å². The van der Waals surface area contributed by atoms with Gasteiger partial charge in [-0.3, -0.25) is 14.5 Å². The van der Waals surface area contributed by atoms with Crippen LogP contribution >= 0.6 is 47.2 Å². The van der Waals surface area contributed by atoms with E-state index in [0.29, 0.717) is 37.0 Å². The van der Waals surface area contributed by atoms with Crippen molar-refractivity contribution in [2.24, 2.45) is 0 Å². The molecule has 0 atom stereocenters. The molecule has 5 nitrogen and oxygen atoms in total. The molecule has 0 radical (unpaired) electrons. The van der Waals surface area contributed by atoms with Crippen LogP contribution in [-0.4, -0.2) is 39.9 Å². The Kier molecular flexibility index (Phi) is 6.51. The molecule has 1 amide bonds. The molecule has 1 N–H and O–H groups in total. The molecule has 1 aliphatic heterocycles. The van der Waals surface area contributed by atoms with Gasteiger partial charge in [-0.15, -0.1) is 0 Å². The van der Waals surface area contributed by atoms with Crippen molar-refractivity contribution in [1.29, 1.82) is 0 Å². The highest BCUT2D eigenvalue weighted by atomic mass is 35.5. The number of nitrogens with zero attached hydrogens (tertiary/aromatic N) is 1. The summed E-state index contributed by atoms with van der Waals surface area (Å²) in [7, 11) is 1.48. The molecule has 1 aliphatic rings. The first-order valence-corrected chi connectivity index (χ1v) is 8.81. The van der Waals surface area contributed by atoms with Crippen LogP contribution in [0, 0.1) is 0 Å². The number of halogens is 2. The SMILES string of the molecule is COc1c(Cl)cc(Cl)cc1/C=C1/SC(=S)N(CCCC(=O)O)C1=O. The summed E-state index contributed by atoms with van der Waals surface area (Å²) in [5.74, 6) is -0.764. The van der Waals surface area contributed by atoms with Gasteiger partial charge in [-0.05, 0) is 24.6 Å². The van der Waals surface area contributed by atoms with E-state index in [1.54, 1.807) is 18.2 Å². The second-order valence-corrected chi connectivity index (χ2v) is 7.36. The van der Waals surface area contributed by atoms with Crippen LogP contribution in [0.3, 0.4) is 0 Å². The van der Waals surface area contributed by atoms with Crippen molar-refractivity contribution in [2.75, 3.05) is 13.7 Å². The second kappa shape index (κ2) is 8.20. The zero-order valence-corrected chi connectivity index (χ0v) is 15.7. The lowest BCUT2D eigenvalue weighted by atomic mass is 10.1. The Bertz CT molecular complexity index is 736. The van der Waals surface area contributed by atoms with Crippen LogP contribution in [0.5, 0.6) is 5.75 Å². The van der Waals surface area contributed by atoms with Gasteiger partial charge in [0, 0.05) is 23.6 Å². The fourth-order valence-electron chi connectivity index (χ4n) is 2.13. The van der Waals surface area contributed by atoms with Gasteiger partial charge in [0.05, 0.1) is 17.0 Å². The molecule has 1 aromatic carbocycles. The van der Waals surface area contributed by atoms with E-state index < -0.39 is 5.97 Å². The van der Waals surface area contributed by atoms with E-state index in [1.165, 1.54) is 12.0 Å². The maximum atomic E-state index is 12.5. The second-order valence-electron chi connectivity index (χ2n) is 4.84. The van der Waals surface area contributed by atoms with Crippen LogP contribution in [0.15, 0.2) is 17.0 Å². The summed E-state index contributed by atoms with van der Waals surface area (Å²) < 4.78 is 5.65. The normalized spacial score (nSPS) is 16.1. The number of thioether (sulfide) groups is 1. The van der Waals surface area contributed by atoms with E-state index in [4.69, 9.17) is 45.3 Å². The minimum Gasteiger partial charge on any atom is -0.495 e. The Hall–Kier alpha value is -1.28. The predicted molar refractivity (Wildman–Crippen MR) is 99.8 cm³/mol. The molecular formula is C15H13Cl2NO4S2. The Morgan fingerprint density at radius 3 is 2.79 bits per heavy atom. The van der Waals surface area contributed by atoms with Crippen molar-refractivity contribution < 1.29 is 19.4 Å². The number of benzene rings is 1.